The van der Waals surface area contributed by atoms with Gasteiger partial charge in [-0.25, -0.2) is 0 Å². The van der Waals surface area contributed by atoms with Crippen LogP contribution in [0.5, 0.6) is 0 Å². The lowest BCUT2D eigenvalue weighted by Gasteiger charge is -2.42. The van der Waals surface area contributed by atoms with Crippen molar-refractivity contribution in [1.82, 2.24) is 20.0 Å². The second kappa shape index (κ2) is 8.83. The highest BCUT2D eigenvalue weighted by atomic mass is 15.4. The van der Waals surface area contributed by atoms with E-state index in [0.717, 1.165) is 39.1 Å². The van der Waals surface area contributed by atoms with Crippen LogP contribution in [0.1, 0.15) is 43.2 Å². The lowest BCUT2D eigenvalue weighted by Crippen LogP contribution is -2.45. The summed E-state index contributed by atoms with van der Waals surface area (Å²) in [6.07, 6.45) is 5.48. The molecule has 0 radical (unpaired) electrons. The van der Waals surface area contributed by atoms with Crippen LogP contribution < -0.4 is 0 Å². The average molecular weight is 558 g/mol. The van der Waals surface area contributed by atoms with Crippen molar-refractivity contribution in [1.29, 1.82) is 0 Å². The summed E-state index contributed by atoms with van der Waals surface area (Å²) in [5, 5.41) is 7.82. The van der Waals surface area contributed by atoms with Gasteiger partial charge in [0.25, 0.3) is 0 Å². The second-order valence-electron chi connectivity index (χ2n) is 11.6. The molecule has 9 rings (SSSR count). The minimum atomic E-state index is -2.26. The van der Waals surface area contributed by atoms with E-state index in [1.807, 2.05) is 12.4 Å². The molecule has 6 aromatic rings. The SMILES string of the molecule is [2H]C([2H])([2H])N1C=CN(C2(c3cccc(C4(c5ccn[nH]5)c5ccccc5-c5ccccc54)c3)c3ccccc3-c3ccccc32)C1. The second-order valence-corrected chi connectivity index (χ2v) is 11.6. The van der Waals surface area contributed by atoms with E-state index in [-0.39, 0.29) is 6.67 Å². The molecule has 5 aromatic carbocycles. The smallest absolute Gasteiger partial charge is 0.118 e. The van der Waals surface area contributed by atoms with Crippen molar-refractivity contribution in [3.05, 3.63) is 185 Å². The zero-order valence-electron chi connectivity index (χ0n) is 26.4. The summed E-state index contributed by atoms with van der Waals surface area (Å²) in [5.74, 6) is 0. The minimum absolute atomic E-state index is 0.223. The zero-order chi connectivity index (χ0) is 31.1. The number of nitrogens with zero attached hydrogens (tertiary/aromatic N) is 3. The van der Waals surface area contributed by atoms with Crippen LogP contribution in [0.4, 0.5) is 0 Å². The molecule has 2 aliphatic carbocycles. The van der Waals surface area contributed by atoms with Gasteiger partial charge in [0.2, 0.25) is 0 Å². The van der Waals surface area contributed by atoms with E-state index in [1.54, 1.807) is 6.20 Å². The van der Waals surface area contributed by atoms with E-state index >= 15 is 0 Å². The molecule has 2 heterocycles. The van der Waals surface area contributed by atoms with Crippen molar-refractivity contribution in [2.24, 2.45) is 0 Å². The third-order valence-electron chi connectivity index (χ3n) is 9.66. The number of aromatic amines is 1. The molecule has 0 unspecified atom stereocenters. The Balaban J connectivity index is 1.35. The van der Waals surface area contributed by atoms with Gasteiger partial charge >= 0.3 is 0 Å². The van der Waals surface area contributed by atoms with Crippen LogP contribution in [-0.2, 0) is 11.0 Å². The van der Waals surface area contributed by atoms with Gasteiger partial charge in [-0.1, -0.05) is 121 Å². The van der Waals surface area contributed by atoms with E-state index in [4.69, 9.17) is 4.11 Å². The number of H-pyrrole nitrogens is 1. The maximum atomic E-state index is 8.21. The first-order valence-electron chi connectivity index (χ1n) is 16.2. The average Bonchev–Trinajstić information content (AvgIpc) is 3.89. The summed E-state index contributed by atoms with van der Waals surface area (Å²) < 4.78 is 24.6. The molecule has 1 N–H and O–H groups in total. The summed E-state index contributed by atoms with van der Waals surface area (Å²) >= 11 is 0. The van der Waals surface area contributed by atoms with Gasteiger partial charge < -0.3 is 9.80 Å². The van der Waals surface area contributed by atoms with Crippen LogP contribution in [-0.4, -0.2) is 33.6 Å². The Bertz CT molecular complexity index is 2070. The third kappa shape index (κ3) is 3.02. The predicted octanol–water partition coefficient (Wildman–Crippen LogP) is 7.72. The number of hydrogen-bond donors (Lipinski definition) is 1. The van der Waals surface area contributed by atoms with Gasteiger partial charge in [-0.15, -0.1) is 0 Å². The van der Waals surface area contributed by atoms with Crippen LogP contribution in [0.15, 0.2) is 146 Å². The normalized spacial score (nSPS) is 17.9. The Morgan fingerprint density at radius 1 is 0.628 bits per heavy atom. The lowest BCUT2D eigenvalue weighted by atomic mass is 9.68. The van der Waals surface area contributed by atoms with Gasteiger partial charge in [-0.05, 0) is 61.7 Å². The summed E-state index contributed by atoms with van der Waals surface area (Å²) in [6, 6.07) is 45.4. The number of rotatable bonds is 4. The third-order valence-corrected chi connectivity index (χ3v) is 9.66. The molecule has 43 heavy (non-hydrogen) atoms. The fourth-order valence-electron chi connectivity index (χ4n) is 8.07. The number of fused-ring (bicyclic) bond motifs is 6. The topological polar surface area (TPSA) is 35.2 Å². The molecule has 3 aliphatic rings. The molecule has 1 aliphatic heterocycles. The molecule has 0 saturated heterocycles. The summed E-state index contributed by atoms with van der Waals surface area (Å²) in [6.45, 7) is -2.03. The Hall–Kier alpha value is -5.35. The Labute approximate surface area is 255 Å². The molecule has 0 atom stereocenters. The standard InChI is InChI=1S/C39H30N4/c1-42-23-24-43(26-42)39(35-19-8-4-15-31(35)32-16-5-9-20-36(32)39)28-12-10-11-27(25-28)38(37-21-22-40-41-37)33-17-6-2-13-29(33)30-14-3-7-18-34(30)38/h2-25H,26H2,1H3,(H,40,41)/i1D3. The maximum absolute atomic E-state index is 8.21. The number of aromatic nitrogens is 2. The maximum Gasteiger partial charge on any atom is 0.118 e. The highest BCUT2D eigenvalue weighted by Gasteiger charge is 2.51. The van der Waals surface area contributed by atoms with E-state index < -0.39 is 17.9 Å². The molecule has 0 amide bonds. The number of hydrogen-bond acceptors (Lipinski definition) is 3. The molecule has 206 valence electrons. The van der Waals surface area contributed by atoms with Crippen LogP contribution >= 0.6 is 0 Å². The van der Waals surface area contributed by atoms with Crippen LogP contribution in [0, 0.1) is 0 Å². The molecule has 0 fully saturated rings. The van der Waals surface area contributed by atoms with Crippen molar-refractivity contribution in [2.45, 2.75) is 11.0 Å². The van der Waals surface area contributed by atoms with Gasteiger partial charge in [0.05, 0.1) is 17.8 Å². The number of benzene rings is 5. The van der Waals surface area contributed by atoms with Gasteiger partial charge in [-0.3, -0.25) is 5.10 Å². The summed E-state index contributed by atoms with van der Waals surface area (Å²) in [7, 11) is 0. The lowest BCUT2D eigenvalue weighted by molar-refractivity contribution is 0.198. The molecular weight excluding hydrogens is 524 g/mol. The molecule has 0 bridgehead atoms. The van der Waals surface area contributed by atoms with Crippen molar-refractivity contribution < 1.29 is 4.11 Å². The molecule has 1 aromatic heterocycles. The molecule has 0 saturated carbocycles. The van der Waals surface area contributed by atoms with E-state index in [2.05, 4.69) is 142 Å². The van der Waals surface area contributed by atoms with Crippen LogP contribution in [0.3, 0.4) is 0 Å². The Kier molecular flexibility index (Phi) is 4.39. The van der Waals surface area contributed by atoms with Crippen molar-refractivity contribution in [3.63, 3.8) is 0 Å². The molecule has 4 nitrogen and oxygen atoms in total. The van der Waals surface area contributed by atoms with Crippen molar-refractivity contribution in [2.75, 3.05) is 13.6 Å². The Morgan fingerprint density at radius 2 is 1.19 bits per heavy atom. The highest BCUT2D eigenvalue weighted by molar-refractivity contribution is 5.87. The molecular formula is C39H30N4. The van der Waals surface area contributed by atoms with Gasteiger partial charge in [0.15, 0.2) is 0 Å². The van der Waals surface area contributed by atoms with E-state index in [0.29, 0.717) is 0 Å². The minimum Gasteiger partial charge on any atom is -0.362 e. The first-order valence-corrected chi connectivity index (χ1v) is 14.7. The van der Waals surface area contributed by atoms with E-state index in [1.165, 1.54) is 27.2 Å². The van der Waals surface area contributed by atoms with Gasteiger partial charge in [-0.2, -0.15) is 5.10 Å². The molecule has 0 spiro atoms. The van der Waals surface area contributed by atoms with Gasteiger partial charge in [0, 0.05) is 29.7 Å². The van der Waals surface area contributed by atoms with Crippen molar-refractivity contribution >= 4 is 0 Å². The summed E-state index contributed by atoms with van der Waals surface area (Å²) in [4.78, 5) is 3.64. The van der Waals surface area contributed by atoms with Crippen molar-refractivity contribution in [3.8, 4) is 22.3 Å². The predicted molar refractivity (Wildman–Crippen MR) is 171 cm³/mol. The molecule has 4 heteroatoms. The highest BCUT2D eigenvalue weighted by Crippen LogP contribution is 2.58. The van der Waals surface area contributed by atoms with E-state index in [9.17, 15) is 0 Å². The Morgan fingerprint density at radius 3 is 1.74 bits per heavy atom. The zero-order valence-corrected chi connectivity index (χ0v) is 23.4. The number of nitrogens with one attached hydrogen (secondary N) is 1. The first kappa shape index (κ1) is 21.4. The largest absolute Gasteiger partial charge is 0.362 e. The quantitative estimate of drug-likeness (QED) is 0.241. The fourth-order valence-corrected chi connectivity index (χ4v) is 8.07. The summed E-state index contributed by atoms with van der Waals surface area (Å²) in [5.41, 5.74) is 11.2. The fraction of sp³-hybridized carbons (Fsp3) is 0.103. The van der Waals surface area contributed by atoms with Crippen LogP contribution in [0.2, 0.25) is 0 Å². The van der Waals surface area contributed by atoms with Crippen LogP contribution in [0.25, 0.3) is 22.3 Å². The monoisotopic (exact) mass is 557 g/mol. The first-order chi connectivity index (χ1) is 22.4. The van der Waals surface area contributed by atoms with Gasteiger partial charge in [0.1, 0.15) is 5.54 Å².